The van der Waals surface area contributed by atoms with Crippen LogP contribution < -0.4 is 22.5 Å². The molecule has 82 valence electrons. The van der Waals surface area contributed by atoms with Crippen LogP contribution in [0, 0.1) is 0 Å². The molecule has 0 amide bonds. The summed E-state index contributed by atoms with van der Waals surface area (Å²) in [5, 5.41) is 35.7. The topological polar surface area (TPSA) is 225 Å². The summed E-state index contributed by atoms with van der Waals surface area (Å²) in [5.74, 6) is -4.12. The van der Waals surface area contributed by atoms with E-state index in [-0.39, 0.29) is 17.8 Å². The zero-order chi connectivity index (χ0) is 8.31. The molecular formula is C4H14N2O7. The molecule has 0 aliphatic heterocycles. The van der Waals surface area contributed by atoms with Crippen LogP contribution in [0.2, 0.25) is 0 Å². The Kier molecular flexibility index (Phi) is 15.4. The average molecular weight is 202 g/mol. The Labute approximate surface area is 73.1 Å². The summed E-state index contributed by atoms with van der Waals surface area (Å²) < 4.78 is 0. The lowest BCUT2D eigenvalue weighted by Gasteiger charge is -2.18. The van der Waals surface area contributed by atoms with Crippen molar-refractivity contribution in [2.75, 3.05) is 0 Å². The minimum Gasteiger partial charge on any atom is -0.547 e. The Bertz CT molecular complexity index is 143. The maximum atomic E-state index is 9.63. The van der Waals surface area contributed by atoms with Gasteiger partial charge in [-0.25, -0.2) is 0 Å². The normalized spacial score (nSPS) is 12.2. The summed E-state index contributed by atoms with van der Waals surface area (Å²) >= 11 is 0. The van der Waals surface area contributed by atoms with Gasteiger partial charge >= 0.3 is 0 Å². The third-order valence-electron chi connectivity index (χ3n) is 0.782. The number of hydrogen-bond acceptors (Lipinski definition) is 6. The van der Waals surface area contributed by atoms with E-state index >= 15 is 0 Å². The highest BCUT2D eigenvalue weighted by molar-refractivity contribution is 5.80. The number of aliphatic carboxylic acids is 2. The van der Waals surface area contributed by atoms with Crippen molar-refractivity contribution in [1.82, 2.24) is 12.3 Å². The van der Waals surface area contributed by atoms with Gasteiger partial charge in [0.25, 0.3) is 0 Å². The van der Waals surface area contributed by atoms with E-state index < -0.39 is 24.1 Å². The van der Waals surface area contributed by atoms with Crippen molar-refractivity contribution < 1.29 is 35.5 Å². The first-order valence-electron chi connectivity index (χ1n) is 2.24. The van der Waals surface area contributed by atoms with Gasteiger partial charge < -0.3 is 47.8 Å². The van der Waals surface area contributed by atoms with Crippen molar-refractivity contribution in [2.24, 2.45) is 0 Å². The molecule has 0 heterocycles. The van der Waals surface area contributed by atoms with Crippen LogP contribution in [0.4, 0.5) is 0 Å². The molecule has 0 saturated heterocycles. The molecule has 0 aromatic carbocycles. The lowest BCUT2D eigenvalue weighted by atomic mass is 10.2. The van der Waals surface area contributed by atoms with Gasteiger partial charge in [0.1, 0.15) is 12.2 Å². The van der Waals surface area contributed by atoms with E-state index in [9.17, 15) is 19.8 Å². The lowest BCUT2D eigenvalue weighted by Crippen LogP contribution is -2.51. The summed E-state index contributed by atoms with van der Waals surface area (Å²) in [6.45, 7) is 0. The number of hydrogen-bond donors (Lipinski definition) is 4. The quantitative estimate of drug-likeness (QED) is 0.350. The second kappa shape index (κ2) is 8.83. The van der Waals surface area contributed by atoms with Gasteiger partial charge in [-0.05, 0) is 0 Å². The Hall–Kier alpha value is -1.26. The number of quaternary nitrogens is 2. The van der Waals surface area contributed by atoms with Crippen molar-refractivity contribution in [3.05, 3.63) is 0 Å². The first-order valence-corrected chi connectivity index (χ1v) is 2.24. The molecule has 0 fully saturated rings. The van der Waals surface area contributed by atoms with Crippen LogP contribution in [-0.4, -0.2) is 39.8 Å². The minimum absolute atomic E-state index is 0. The molecule has 0 spiro atoms. The van der Waals surface area contributed by atoms with Crippen molar-refractivity contribution in [3.8, 4) is 0 Å². The number of aliphatic hydroxyl groups is 2. The van der Waals surface area contributed by atoms with Crippen molar-refractivity contribution in [2.45, 2.75) is 12.2 Å². The molecule has 0 aliphatic carbocycles. The van der Waals surface area contributed by atoms with Crippen LogP contribution in [0.1, 0.15) is 0 Å². The van der Waals surface area contributed by atoms with Gasteiger partial charge in [0.2, 0.25) is 0 Å². The maximum Gasteiger partial charge on any atom is 0.124 e. The largest absolute Gasteiger partial charge is 0.547 e. The second-order valence-corrected chi connectivity index (χ2v) is 1.53. The fourth-order valence-corrected chi connectivity index (χ4v) is 0.258. The minimum atomic E-state index is -2.44. The third kappa shape index (κ3) is 7.11. The Morgan fingerprint density at radius 1 is 0.923 bits per heavy atom. The summed E-state index contributed by atoms with van der Waals surface area (Å²) in [7, 11) is 0. The average Bonchev–Trinajstić information content (AvgIpc) is 1.84. The Balaban J connectivity index is -0.000000135. The SMILES string of the molecule is O.O=C([O-])C(O)C(O)C(=O)[O-].[NH4+].[NH4+]. The van der Waals surface area contributed by atoms with E-state index in [1.54, 1.807) is 0 Å². The summed E-state index contributed by atoms with van der Waals surface area (Å²) in [4.78, 5) is 19.3. The fourth-order valence-electron chi connectivity index (χ4n) is 0.258. The van der Waals surface area contributed by atoms with Crippen LogP contribution in [0.25, 0.3) is 0 Å². The first kappa shape index (κ1) is 22.6. The summed E-state index contributed by atoms with van der Waals surface area (Å²) in [6, 6.07) is 0. The molecule has 2 unspecified atom stereocenters. The van der Waals surface area contributed by atoms with Gasteiger partial charge in [0.05, 0.1) is 11.9 Å². The molecule has 13 heavy (non-hydrogen) atoms. The number of carboxylic acid groups (broad SMARTS) is 2. The monoisotopic (exact) mass is 202 g/mol. The van der Waals surface area contributed by atoms with Gasteiger partial charge in [-0.15, -0.1) is 0 Å². The van der Waals surface area contributed by atoms with Crippen molar-refractivity contribution in [3.63, 3.8) is 0 Å². The maximum absolute atomic E-state index is 9.63. The number of rotatable bonds is 3. The third-order valence-corrected chi connectivity index (χ3v) is 0.782. The molecule has 0 bridgehead atoms. The van der Waals surface area contributed by atoms with Gasteiger partial charge in [-0.1, -0.05) is 0 Å². The highest BCUT2D eigenvalue weighted by Crippen LogP contribution is 1.88. The zero-order valence-corrected chi connectivity index (χ0v) is 7.18. The van der Waals surface area contributed by atoms with E-state index in [2.05, 4.69) is 0 Å². The molecule has 2 atom stereocenters. The summed E-state index contributed by atoms with van der Waals surface area (Å²) in [5.41, 5.74) is 0. The van der Waals surface area contributed by atoms with Crippen LogP contribution in [0.15, 0.2) is 0 Å². The van der Waals surface area contributed by atoms with Gasteiger partial charge in [0.15, 0.2) is 0 Å². The molecule has 0 aliphatic rings. The van der Waals surface area contributed by atoms with Crippen molar-refractivity contribution >= 4 is 11.9 Å². The number of carboxylic acids is 2. The molecular weight excluding hydrogens is 188 g/mol. The number of carbonyl (C=O) groups excluding carboxylic acids is 2. The zero-order valence-electron chi connectivity index (χ0n) is 7.18. The second-order valence-electron chi connectivity index (χ2n) is 1.53. The van der Waals surface area contributed by atoms with Crippen LogP contribution >= 0.6 is 0 Å². The molecule has 0 aromatic rings. The summed E-state index contributed by atoms with van der Waals surface area (Å²) in [6.07, 6.45) is -4.88. The lowest BCUT2D eigenvalue weighted by molar-refractivity contribution is -0.333. The smallest absolute Gasteiger partial charge is 0.124 e. The molecule has 0 radical (unpaired) electrons. The van der Waals surface area contributed by atoms with E-state index in [1.807, 2.05) is 0 Å². The van der Waals surface area contributed by atoms with E-state index in [0.717, 1.165) is 0 Å². The number of carbonyl (C=O) groups is 2. The Morgan fingerprint density at radius 2 is 1.08 bits per heavy atom. The standard InChI is InChI=1S/C4H6O6.2H3N.H2O/c5-1(3(7)8)2(6)4(9)10;;;/h1-2,5-6H,(H,7,8)(H,9,10);2*1H3;1H2. The molecule has 0 saturated carbocycles. The van der Waals surface area contributed by atoms with Crippen LogP contribution in [-0.2, 0) is 9.59 Å². The Morgan fingerprint density at radius 3 is 1.15 bits per heavy atom. The van der Waals surface area contributed by atoms with Crippen molar-refractivity contribution in [1.29, 1.82) is 0 Å². The molecule has 9 nitrogen and oxygen atoms in total. The molecule has 0 rings (SSSR count). The predicted octanol–water partition coefficient (Wildman–Crippen LogP) is -4.86. The van der Waals surface area contributed by atoms with Gasteiger partial charge in [-0.2, -0.15) is 0 Å². The number of aliphatic hydroxyl groups excluding tert-OH is 2. The highest BCUT2D eigenvalue weighted by atomic mass is 16.4. The van der Waals surface area contributed by atoms with E-state index in [0.29, 0.717) is 0 Å². The van der Waals surface area contributed by atoms with Gasteiger partial charge in [0, 0.05) is 0 Å². The molecule has 9 heteroatoms. The first-order chi connectivity index (χ1) is 4.46. The van der Waals surface area contributed by atoms with Crippen LogP contribution in [0.3, 0.4) is 0 Å². The fraction of sp³-hybridized carbons (Fsp3) is 0.500. The van der Waals surface area contributed by atoms with Gasteiger partial charge in [-0.3, -0.25) is 0 Å². The molecule has 0 aromatic heterocycles. The molecule has 12 N–H and O–H groups in total. The predicted molar refractivity (Wildman–Crippen MR) is 37.6 cm³/mol. The van der Waals surface area contributed by atoms with E-state index in [4.69, 9.17) is 10.2 Å². The van der Waals surface area contributed by atoms with E-state index in [1.165, 1.54) is 0 Å². The van der Waals surface area contributed by atoms with Crippen LogP contribution in [0.5, 0.6) is 0 Å². The highest BCUT2D eigenvalue weighted by Gasteiger charge is 2.17.